The van der Waals surface area contributed by atoms with E-state index in [1.165, 1.54) is 35.5 Å². The molecule has 3 aromatic rings. The Balaban J connectivity index is 1.60. The van der Waals surface area contributed by atoms with Crippen LogP contribution in [0.25, 0.3) is 6.08 Å². The molecule has 1 N–H and O–H groups in total. The lowest BCUT2D eigenvalue weighted by atomic mass is 10.1. The van der Waals surface area contributed by atoms with Gasteiger partial charge in [0.25, 0.3) is 0 Å². The van der Waals surface area contributed by atoms with Gasteiger partial charge in [0.1, 0.15) is 6.61 Å². The predicted molar refractivity (Wildman–Crippen MR) is 117 cm³/mol. The first kappa shape index (κ1) is 21.4. The van der Waals surface area contributed by atoms with Crippen LogP contribution in [0.4, 0.5) is 5.13 Å². The van der Waals surface area contributed by atoms with Gasteiger partial charge < -0.3 is 10.1 Å². The number of amides is 1. The Labute approximate surface area is 179 Å². The number of aromatic nitrogens is 3. The zero-order valence-corrected chi connectivity index (χ0v) is 18.2. The lowest BCUT2D eigenvalue weighted by Gasteiger charge is -2.05. The van der Waals surface area contributed by atoms with Gasteiger partial charge in [-0.25, -0.2) is 9.78 Å². The summed E-state index contributed by atoms with van der Waals surface area (Å²) < 4.78 is 7.17. The first-order valence-corrected chi connectivity index (χ1v) is 10.4. The van der Waals surface area contributed by atoms with Crippen LogP contribution in [-0.2, 0) is 27.5 Å². The molecule has 30 heavy (non-hydrogen) atoms. The molecule has 0 unspecified atom stereocenters. The number of hydrogen-bond acceptors (Lipinski definition) is 6. The molecule has 0 aliphatic heterocycles. The maximum Gasteiger partial charge on any atom is 0.331 e. The highest BCUT2D eigenvalue weighted by Gasteiger charge is 2.11. The summed E-state index contributed by atoms with van der Waals surface area (Å²) in [4.78, 5) is 27.3. The molecule has 0 aliphatic carbocycles. The van der Waals surface area contributed by atoms with Gasteiger partial charge >= 0.3 is 5.97 Å². The fraction of sp³-hybridized carbons (Fsp3) is 0.273. The molecule has 0 saturated carbocycles. The number of nitrogens with zero attached hydrogens (tertiary/aromatic N) is 3. The van der Waals surface area contributed by atoms with Crippen molar-refractivity contribution in [3.05, 3.63) is 69.5 Å². The van der Waals surface area contributed by atoms with Crippen molar-refractivity contribution in [2.45, 2.75) is 40.8 Å². The summed E-state index contributed by atoms with van der Waals surface area (Å²) in [6.07, 6.45) is 3.13. The molecule has 0 aliphatic rings. The number of thiazole rings is 1. The molecule has 0 atom stereocenters. The van der Waals surface area contributed by atoms with Gasteiger partial charge in [-0.15, -0.1) is 11.3 Å². The van der Waals surface area contributed by atoms with E-state index in [9.17, 15) is 9.59 Å². The number of nitrogens with one attached hydrogen (secondary N) is 1. The molecule has 7 nitrogen and oxygen atoms in total. The molecular weight excluding hydrogens is 400 g/mol. The largest absolute Gasteiger partial charge is 0.456 e. The Hall–Kier alpha value is -3.26. The van der Waals surface area contributed by atoms with Crippen molar-refractivity contribution in [2.24, 2.45) is 0 Å². The van der Waals surface area contributed by atoms with E-state index < -0.39 is 5.97 Å². The SMILES string of the molecule is CC(=O)Nc1nc(COC(=O)C=Cc2c(C)nn(Cc3ccc(C)cc3)c2C)cs1. The number of anilines is 1. The highest BCUT2D eigenvalue weighted by molar-refractivity contribution is 7.13. The van der Waals surface area contributed by atoms with Crippen molar-refractivity contribution in [2.75, 3.05) is 5.32 Å². The average molecular weight is 425 g/mol. The minimum atomic E-state index is -0.464. The summed E-state index contributed by atoms with van der Waals surface area (Å²) in [5.74, 6) is -0.654. The van der Waals surface area contributed by atoms with Crippen LogP contribution in [0.3, 0.4) is 0 Å². The standard InChI is InChI=1S/C22H24N4O3S/c1-14-5-7-18(8-6-14)11-26-16(3)20(15(2)25-26)9-10-21(28)29-12-19-13-30-22(24-19)23-17(4)27/h5-10,13H,11-12H2,1-4H3,(H,23,24,27). The van der Waals surface area contributed by atoms with E-state index in [0.717, 1.165) is 17.0 Å². The van der Waals surface area contributed by atoms with Crippen LogP contribution >= 0.6 is 11.3 Å². The molecule has 0 radical (unpaired) electrons. The minimum absolute atomic E-state index is 0.0455. The Morgan fingerprint density at radius 2 is 1.93 bits per heavy atom. The minimum Gasteiger partial charge on any atom is -0.456 e. The maximum atomic E-state index is 12.1. The number of hydrogen-bond donors (Lipinski definition) is 1. The molecular formula is C22H24N4O3S. The fourth-order valence-electron chi connectivity index (χ4n) is 2.90. The Morgan fingerprint density at radius 3 is 2.63 bits per heavy atom. The van der Waals surface area contributed by atoms with E-state index in [2.05, 4.69) is 46.6 Å². The molecule has 0 spiro atoms. The summed E-state index contributed by atoms with van der Waals surface area (Å²) in [6, 6.07) is 8.35. The van der Waals surface area contributed by atoms with Crippen LogP contribution in [0.15, 0.2) is 35.7 Å². The van der Waals surface area contributed by atoms with E-state index in [4.69, 9.17) is 4.74 Å². The monoisotopic (exact) mass is 424 g/mol. The Morgan fingerprint density at radius 1 is 1.20 bits per heavy atom. The van der Waals surface area contributed by atoms with Gasteiger partial charge in [0.2, 0.25) is 5.91 Å². The molecule has 3 rings (SSSR count). The average Bonchev–Trinajstić information content (AvgIpc) is 3.24. The molecule has 0 fully saturated rings. The zero-order valence-electron chi connectivity index (χ0n) is 17.4. The molecule has 2 aromatic heterocycles. The van der Waals surface area contributed by atoms with Crippen LogP contribution < -0.4 is 5.32 Å². The Kier molecular flexibility index (Phi) is 6.79. The van der Waals surface area contributed by atoms with Gasteiger partial charge in [0, 0.05) is 29.6 Å². The summed E-state index contributed by atoms with van der Waals surface area (Å²) in [6.45, 7) is 8.10. The molecule has 8 heteroatoms. The number of esters is 1. The lowest BCUT2D eigenvalue weighted by Crippen LogP contribution is -2.06. The zero-order chi connectivity index (χ0) is 21.7. The van der Waals surface area contributed by atoms with E-state index >= 15 is 0 Å². The summed E-state index contributed by atoms with van der Waals surface area (Å²) in [7, 11) is 0. The first-order chi connectivity index (χ1) is 14.3. The molecule has 1 amide bonds. The van der Waals surface area contributed by atoms with Crippen molar-refractivity contribution < 1.29 is 14.3 Å². The second-order valence-corrected chi connectivity index (χ2v) is 7.85. The second-order valence-electron chi connectivity index (χ2n) is 6.99. The van der Waals surface area contributed by atoms with Crippen LogP contribution in [0.2, 0.25) is 0 Å². The molecule has 156 valence electrons. The number of carbonyl (C=O) groups is 2. The molecule has 1 aromatic carbocycles. The fourth-order valence-corrected chi connectivity index (χ4v) is 3.64. The molecule has 0 saturated heterocycles. The van der Waals surface area contributed by atoms with E-state index in [1.807, 2.05) is 18.5 Å². The molecule has 2 heterocycles. The summed E-state index contributed by atoms with van der Waals surface area (Å²) >= 11 is 1.28. The maximum absolute atomic E-state index is 12.1. The van der Waals surface area contributed by atoms with Gasteiger partial charge in [0.05, 0.1) is 17.9 Å². The highest BCUT2D eigenvalue weighted by Crippen LogP contribution is 2.18. The smallest absolute Gasteiger partial charge is 0.331 e. The van der Waals surface area contributed by atoms with Crippen LogP contribution in [0.1, 0.15) is 40.7 Å². The van der Waals surface area contributed by atoms with Crippen molar-refractivity contribution in [1.82, 2.24) is 14.8 Å². The van der Waals surface area contributed by atoms with Gasteiger partial charge in [-0.2, -0.15) is 5.10 Å². The van der Waals surface area contributed by atoms with E-state index in [-0.39, 0.29) is 12.5 Å². The van der Waals surface area contributed by atoms with Gasteiger partial charge in [0.15, 0.2) is 5.13 Å². The number of ether oxygens (including phenoxy) is 1. The van der Waals surface area contributed by atoms with Gasteiger partial charge in [-0.3, -0.25) is 9.48 Å². The first-order valence-electron chi connectivity index (χ1n) is 9.48. The Bertz CT molecular complexity index is 1080. The van der Waals surface area contributed by atoms with Crippen LogP contribution in [-0.4, -0.2) is 26.6 Å². The van der Waals surface area contributed by atoms with E-state index in [1.54, 1.807) is 11.5 Å². The van der Waals surface area contributed by atoms with Crippen molar-refractivity contribution in [3.8, 4) is 0 Å². The third-order valence-corrected chi connectivity index (χ3v) is 5.28. The van der Waals surface area contributed by atoms with E-state index in [0.29, 0.717) is 17.4 Å². The van der Waals surface area contributed by atoms with Crippen molar-refractivity contribution in [1.29, 1.82) is 0 Å². The van der Waals surface area contributed by atoms with Gasteiger partial charge in [-0.1, -0.05) is 29.8 Å². The summed E-state index contributed by atoms with van der Waals surface area (Å²) in [5, 5.41) is 9.42. The van der Waals surface area contributed by atoms with Crippen molar-refractivity contribution in [3.63, 3.8) is 0 Å². The number of aryl methyl sites for hydroxylation is 2. The third-order valence-electron chi connectivity index (χ3n) is 4.47. The summed E-state index contributed by atoms with van der Waals surface area (Å²) in [5.41, 5.74) is 5.71. The second kappa shape index (κ2) is 9.49. The van der Waals surface area contributed by atoms with Crippen LogP contribution in [0.5, 0.6) is 0 Å². The number of rotatable bonds is 7. The van der Waals surface area contributed by atoms with Crippen molar-refractivity contribution >= 4 is 34.4 Å². The lowest BCUT2D eigenvalue weighted by molar-refractivity contribution is -0.139. The normalized spacial score (nSPS) is 11.1. The van der Waals surface area contributed by atoms with Gasteiger partial charge in [-0.05, 0) is 32.4 Å². The quantitative estimate of drug-likeness (QED) is 0.457. The number of carbonyl (C=O) groups excluding carboxylic acids is 2. The topological polar surface area (TPSA) is 86.1 Å². The van der Waals surface area contributed by atoms with Crippen LogP contribution in [0, 0.1) is 20.8 Å². The number of benzene rings is 1. The molecule has 0 bridgehead atoms. The third kappa shape index (κ3) is 5.64. The highest BCUT2D eigenvalue weighted by atomic mass is 32.1. The predicted octanol–water partition coefficient (Wildman–Crippen LogP) is 4.03.